The van der Waals surface area contributed by atoms with Crippen LogP contribution in [-0.4, -0.2) is 26.8 Å². The Kier molecular flexibility index (Phi) is 5.89. The van der Waals surface area contributed by atoms with Gasteiger partial charge in [-0.15, -0.1) is 0 Å². The van der Waals surface area contributed by atoms with E-state index in [1.807, 2.05) is 37.4 Å². The maximum atomic E-state index is 12.1. The van der Waals surface area contributed by atoms with Crippen LogP contribution in [0, 0.1) is 6.92 Å². The molecule has 0 bridgehead atoms. The Morgan fingerprint density at radius 2 is 1.81 bits per heavy atom. The highest BCUT2D eigenvalue weighted by Gasteiger charge is 2.18. The van der Waals surface area contributed by atoms with Gasteiger partial charge in [0.2, 0.25) is 10.0 Å². The van der Waals surface area contributed by atoms with Crippen LogP contribution in [0.25, 0.3) is 0 Å². The first kappa shape index (κ1) is 17.6. The van der Waals surface area contributed by atoms with Gasteiger partial charge in [0.15, 0.2) is 18.4 Å². The number of pyridine rings is 1. The van der Waals surface area contributed by atoms with Gasteiger partial charge in [-0.05, 0) is 12.1 Å². The lowest BCUT2D eigenvalue weighted by atomic mass is 10.2. The molecule has 0 amide bonds. The predicted octanol–water partition coefficient (Wildman–Crippen LogP) is -1.41. The number of benzene rings is 1. The van der Waals surface area contributed by atoms with Crippen molar-refractivity contribution in [3.05, 3.63) is 59.9 Å². The maximum absolute atomic E-state index is 12.1. The van der Waals surface area contributed by atoms with E-state index in [-0.39, 0.29) is 12.4 Å². The minimum Gasteiger partial charge on any atom is -1.00 e. The van der Waals surface area contributed by atoms with E-state index in [1.54, 1.807) is 18.2 Å². The smallest absolute Gasteiger partial charge is 0.242 e. The van der Waals surface area contributed by atoms with Crippen molar-refractivity contribution in [2.24, 2.45) is 0 Å². The topological polar surface area (TPSA) is 41.3 Å². The molecule has 0 unspecified atom stereocenters. The highest BCUT2D eigenvalue weighted by atomic mass is 35.5. The Hall–Kier alpha value is -1.43. The van der Waals surface area contributed by atoms with Crippen LogP contribution in [0.2, 0.25) is 0 Å². The zero-order valence-electron chi connectivity index (χ0n) is 12.3. The lowest BCUT2D eigenvalue weighted by Crippen LogP contribution is -3.00. The lowest BCUT2D eigenvalue weighted by molar-refractivity contribution is -0.694. The van der Waals surface area contributed by atoms with Crippen molar-refractivity contribution in [3.63, 3.8) is 0 Å². The number of hydrogen-bond donors (Lipinski definition) is 0. The summed E-state index contributed by atoms with van der Waals surface area (Å²) in [4.78, 5) is 0.328. The molecule has 1 aromatic heterocycles. The van der Waals surface area contributed by atoms with Crippen molar-refractivity contribution in [2.45, 2.75) is 18.4 Å². The molecule has 0 aliphatic rings. The Morgan fingerprint density at radius 3 is 2.43 bits per heavy atom. The number of nitrogens with zero attached hydrogens (tertiary/aromatic N) is 2. The molecule has 0 spiro atoms. The molecule has 0 fully saturated rings. The van der Waals surface area contributed by atoms with E-state index >= 15 is 0 Å². The van der Waals surface area contributed by atoms with Crippen LogP contribution in [0.5, 0.6) is 0 Å². The van der Waals surface area contributed by atoms with Gasteiger partial charge >= 0.3 is 0 Å². The Bertz CT molecular complexity index is 715. The van der Waals surface area contributed by atoms with E-state index in [1.165, 1.54) is 18.4 Å². The second-order valence-corrected chi connectivity index (χ2v) is 7.06. The van der Waals surface area contributed by atoms with Crippen molar-refractivity contribution >= 4 is 10.0 Å². The normalized spacial score (nSPS) is 11.2. The molecule has 1 aromatic carbocycles. The average molecular weight is 327 g/mol. The summed E-state index contributed by atoms with van der Waals surface area (Å²) >= 11 is 0. The largest absolute Gasteiger partial charge is 1.00 e. The SMILES string of the molecule is Cc1cccc[n+]1Cc1cccc(S(=O)(=O)N(C)C)c1.[Cl-]. The van der Waals surface area contributed by atoms with Gasteiger partial charge in [0.05, 0.1) is 4.90 Å². The van der Waals surface area contributed by atoms with E-state index in [0.29, 0.717) is 11.4 Å². The molecule has 114 valence electrons. The van der Waals surface area contributed by atoms with Crippen LogP contribution >= 0.6 is 0 Å². The standard InChI is InChI=1S/C15H19N2O2S.ClH/c1-13-7-4-5-10-17(13)12-14-8-6-9-15(11-14)20(18,19)16(2)3;/h4-11H,12H2,1-3H3;1H/q+1;/p-1. The molecule has 0 aliphatic heterocycles. The third-order valence-electron chi connectivity index (χ3n) is 3.20. The Morgan fingerprint density at radius 1 is 1.10 bits per heavy atom. The number of halogens is 1. The third kappa shape index (κ3) is 4.03. The van der Waals surface area contributed by atoms with Crippen molar-refractivity contribution in [1.29, 1.82) is 0 Å². The van der Waals surface area contributed by atoms with Gasteiger partial charge in [-0.1, -0.05) is 18.2 Å². The molecule has 21 heavy (non-hydrogen) atoms. The van der Waals surface area contributed by atoms with Gasteiger partial charge in [0, 0.05) is 38.7 Å². The van der Waals surface area contributed by atoms with Crippen LogP contribution in [-0.2, 0) is 16.6 Å². The van der Waals surface area contributed by atoms with Crippen molar-refractivity contribution in [3.8, 4) is 0 Å². The van der Waals surface area contributed by atoms with Gasteiger partial charge in [-0.3, -0.25) is 0 Å². The second-order valence-electron chi connectivity index (χ2n) is 4.90. The summed E-state index contributed by atoms with van der Waals surface area (Å²) in [6.07, 6.45) is 1.99. The fourth-order valence-corrected chi connectivity index (χ4v) is 2.92. The number of rotatable bonds is 4. The molecule has 2 aromatic rings. The van der Waals surface area contributed by atoms with E-state index in [2.05, 4.69) is 4.57 Å². The fourth-order valence-electron chi connectivity index (χ4n) is 1.95. The van der Waals surface area contributed by atoms with Gasteiger partial charge in [0.25, 0.3) is 0 Å². The van der Waals surface area contributed by atoms with E-state index in [9.17, 15) is 8.42 Å². The molecule has 0 aliphatic carbocycles. The summed E-state index contributed by atoms with van der Waals surface area (Å²) in [7, 11) is -0.298. The van der Waals surface area contributed by atoms with E-state index in [4.69, 9.17) is 0 Å². The zero-order chi connectivity index (χ0) is 14.8. The summed E-state index contributed by atoms with van der Waals surface area (Å²) < 4.78 is 27.6. The summed E-state index contributed by atoms with van der Waals surface area (Å²) in [6.45, 7) is 2.68. The summed E-state index contributed by atoms with van der Waals surface area (Å²) in [5.74, 6) is 0. The quantitative estimate of drug-likeness (QED) is 0.648. The molecule has 0 saturated carbocycles. The number of aromatic nitrogens is 1. The van der Waals surface area contributed by atoms with Crippen LogP contribution < -0.4 is 17.0 Å². The zero-order valence-corrected chi connectivity index (χ0v) is 13.9. The maximum Gasteiger partial charge on any atom is 0.242 e. The Balaban J connectivity index is 0.00000220. The van der Waals surface area contributed by atoms with Gasteiger partial charge in [0.1, 0.15) is 0 Å². The first-order valence-corrected chi connectivity index (χ1v) is 7.82. The van der Waals surface area contributed by atoms with E-state index in [0.717, 1.165) is 11.3 Å². The highest BCUT2D eigenvalue weighted by molar-refractivity contribution is 7.89. The van der Waals surface area contributed by atoms with Gasteiger partial charge in [-0.2, -0.15) is 4.57 Å². The summed E-state index contributed by atoms with van der Waals surface area (Å²) in [5, 5.41) is 0. The second kappa shape index (κ2) is 7.02. The summed E-state index contributed by atoms with van der Waals surface area (Å²) in [5.41, 5.74) is 2.10. The lowest BCUT2D eigenvalue weighted by Gasteiger charge is -2.11. The number of sulfonamides is 1. The van der Waals surface area contributed by atoms with Gasteiger partial charge < -0.3 is 12.4 Å². The number of aryl methyl sites for hydroxylation is 1. The third-order valence-corrected chi connectivity index (χ3v) is 5.01. The minimum atomic E-state index is -3.38. The average Bonchev–Trinajstić information content (AvgIpc) is 2.41. The predicted molar refractivity (Wildman–Crippen MR) is 77.8 cm³/mol. The van der Waals surface area contributed by atoms with Crippen LogP contribution in [0.15, 0.2) is 53.6 Å². The minimum absolute atomic E-state index is 0. The monoisotopic (exact) mass is 326 g/mol. The van der Waals surface area contributed by atoms with Crippen molar-refractivity contribution in [1.82, 2.24) is 4.31 Å². The highest BCUT2D eigenvalue weighted by Crippen LogP contribution is 2.14. The Labute approximate surface area is 132 Å². The molecular weight excluding hydrogens is 308 g/mol. The molecule has 6 heteroatoms. The molecule has 0 radical (unpaired) electrons. The summed E-state index contributed by atoms with van der Waals surface area (Å²) in [6, 6.07) is 13.1. The number of hydrogen-bond acceptors (Lipinski definition) is 2. The first-order valence-electron chi connectivity index (χ1n) is 6.38. The van der Waals surface area contributed by atoms with Gasteiger partial charge in [-0.25, -0.2) is 12.7 Å². The molecule has 0 saturated heterocycles. The molecule has 4 nitrogen and oxygen atoms in total. The van der Waals surface area contributed by atoms with Crippen molar-refractivity contribution < 1.29 is 25.4 Å². The van der Waals surface area contributed by atoms with Crippen molar-refractivity contribution in [2.75, 3.05) is 14.1 Å². The van der Waals surface area contributed by atoms with Crippen LogP contribution in [0.3, 0.4) is 0 Å². The molecular formula is C15H19ClN2O2S. The first-order chi connectivity index (χ1) is 9.41. The molecule has 2 rings (SSSR count). The molecule has 0 atom stereocenters. The van der Waals surface area contributed by atoms with Crippen LogP contribution in [0.4, 0.5) is 0 Å². The molecule has 1 heterocycles. The van der Waals surface area contributed by atoms with Crippen LogP contribution in [0.1, 0.15) is 11.3 Å². The van der Waals surface area contributed by atoms with E-state index < -0.39 is 10.0 Å². The fraction of sp³-hybridized carbons (Fsp3) is 0.267. The molecule has 0 N–H and O–H groups in total.